The number of alkyl carbamates (subject to hydrolysis) is 1. The van der Waals surface area contributed by atoms with Crippen LogP contribution < -0.4 is 36.6 Å². The zero-order chi connectivity index (χ0) is 59.6. The number of amides is 3. The normalized spacial score (nSPS) is 37.5. The Labute approximate surface area is 479 Å². The molecule has 15 atom stereocenters. The van der Waals surface area contributed by atoms with Gasteiger partial charge < -0.3 is 76.8 Å². The van der Waals surface area contributed by atoms with Crippen LogP contribution in [-0.2, 0) is 46.5 Å². The minimum absolute atomic E-state index is 0.0203. The molecular weight excluding hydrogens is 1080 g/mol. The van der Waals surface area contributed by atoms with Crippen molar-refractivity contribution in [1.29, 1.82) is 0 Å². The number of Topliss-reactive ketones (excluding diaryl/α,β-unsaturated/α-hetero) is 1. The summed E-state index contributed by atoms with van der Waals surface area (Å²) in [5.74, 6) is -4.66. The number of nitrogens with two attached hydrogens (primary N) is 1. The number of carbonyl (C=O) groups is 6. The first-order valence-electron chi connectivity index (χ1n) is 29.0. The maximum Gasteiger partial charge on any atom is 0.407 e. The lowest BCUT2D eigenvalue weighted by atomic mass is 9.38. The highest BCUT2D eigenvalue weighted by atomic mass is 19.1. The van der Waals surface area contributed by atoms with Gasteiger partial charge in [-0.2, -0.15) is 0 Å². The Bertz CT molecular complexity index is 2910. The van der Waals surface area contributed by atoms with Crippen molar-refractivity contribution in [3.63, 3.8) is 0 Å². The molecule has 21 nitrogen and oxygen atoms in total. The number of hydrogen-bond acceptors (Lipinski definition) is 17. The molecule has 11 rings (SSSR count). The fourth-order valence-corrected chi connectivity index (χ4v) is 16.4. The number of benzene rings is 2. The van der Waals surface area contributed by atoms with E-state index >= 15 is 8.78 Å². The van der Waals surface area contributed by atoms with E-state index < -0.39 is 113 Å². The quantitative estimate of drug-likeness (QED) is 0.0755. The summed E-state index contributed by atoms with van der Waals surface area (Å²) < 4.78 is 51.0. The van der Waals surface area contributed by atoms with Gasteiger partial charge in [-0.15, -0.1) is 0 Å². The highest BCUT2D eigenvalue weighted by Gasteiger charge is 2.78. The first kappa shape index (κ1) is 60.1. The molecule has 0 radical (unpaired) electrons. The van der Waals surface area contributed by atoms with Crippen molar-refractivity contribution < 1.29 is 82.4 Å². The number of ether oxygens (including phenoxy) is 3. The monoisotopic (exact) mass is 1160 g/mol. The number of aliphatic hydroxyl groups excluding tert-OH is 5. The number of nitrogens with one attached hydrogen (secondary N) is 4. The third-order valence-corrected chi connectivity index (χ3v) is 20.3. The molecule has 2 heterocycles. The van der Waals surface area contributed by atoms with E-state index in [4.69, 9.17) is 19.9 Å². The summed E-state index contributed by atoms with van der Waals surface area (Å²) in [6.45, 7) is 5.56. The first-order valence-corrected chi connectivity index (χ1v) is 29.0. The number of ketones is 2. The Morgan fingerprint density at radius 3 is 2.34 bits per heavy atom. The van der Waals surface area contributed by atoms with Crippen LogP contribution in [-0.4, -0.2) is 166 Å². The molecular formula is C60H78F2N6O15. The van der Waals surface area contributed by atoms with E-state index in [1.54, 1.807) is 19.1 Å². The van der Waals surface area contributed by atoms with Crippen LogP contribution in [0.3, 0.4) is 0 Å². The molecule has 6 saturated carbocycles. The molecule has 83 heavy (non-hydrogen) atoms. The second kappa shape index (κ2) is 22.7. The van der Waals surface area contributed by atoms with Crippen molar-refractivity contribution >= 4 is 46.8 Å². The van der Waals surface area contributed by atoms with Gasteiger partial charge in [0.05, 0.1) is 17.2 Å². The van der Waals surface area contributed by atoms with Crippen molar-refractivity contribution in [3.05, 3.63) is 77.4 Å². The molecule has 0 aromatic heterocycles. The number of halogens is 2. The van der Waals surface area contributed by atoms with E-state index in [9.17, 15) is 59.4 Å². The van der Waals surface area contributed by atoms with E-state index in [1.807, 2.05) is 19.1 Å². The summed E-state index contributed by atoms with van der Waals surface area (Å²) in [5, 5.41) is 75.1. The predicted molar refractivity (Wildman–Crippen MR) is 295 cm³/mol. The van der Waals surface area contributed by atoms with Crippen molar-refractivity contribution in [3.8, 4) is 5.75 Å². The molecule has 2 aromatic rings. The smallest absolute Gasteiger partial charge is 0.407 e. The maximum absolute atomic E-state index is 17.9. The second-order valence-electron chi connectivity index (χ2n) is 25.4. The van der Waals surface area contributed by atoms with E-state index in [2.05, 4.69) is 38.3 Å². The number of fused-ring (bicyclic) bond motifs is 7. The molecule has 2 bridgehead atoms. The molecule has 8 fully saturated rings. The topological polar surface area (TPSA) is 329 Å². The van der Waals surface area contributed by atoms with Gasteiger partial charge in [0.2, 0.25) is 18.1 Å². The van der Waals surface area contributed by atoms with Gasteiger partial charge in [-0.05, 0) is 160 Å². The summed E-state index contributed by atoms with van der Waals surface area (Å²) >= 11 is 0. The molecule has 452 valence electrons. The lowest BCUT2D eigenvalue weighted by molar-refractivity contribution is -0.271. The van der Waals surface area contributed by atoms with E-state index in [1.165, 1.54) is 31.2 Å². The number of allylic oxidation sites excluding steroid dienone is 4. The van der Waals surface area contributed by atoms with Gasteiger partial charge in [-0.25, -0.2) is 18.4 Å². The fourth-order valence-electron chi connectivity index (χ4n) is 16.4. The average molecular weight is 1160 g/mol. The van der Waals surface area contributed by atoms with Gasteiger partial charge in [0, 0.05) is 55.7 Å². The molecule has 2 aliphatic heterocycles. The van der Waals surface area contributed by atoms with Gasteiger partial charge in [0.25, 0.3) is 0 Å². The summed E-state index contributed by atoms with van der Waals surface area (Å²) in [6.07, 6.45) is -3.93. The highest BCUT2D eigenvalue weighted by Crippen LogP contribution is 2.75. The number of carboxylic acid groups (broad SMARTS) is 1. The van der Waals surface area contributed by atoms with Crippen molar-refractivity contribution in [2.75, 3.05) is 49.5 Å². The Kier molecular flexibility index (Phi) is 16.4. The summed E-state index contributed by atoms with van der Waals surface area (Å²) in [4.78, 5) is 78.4. The number of unbranched alkanes of at least 4 members (excludes halogenated alkanes) is 1. The van der Waals surface area contributed by atoms with Gasteiger partial charge in [0.15, 0.2) is 23.3 Å². The summed E-state index contributed by atoms with van der Waals surface area (Å²) in [6, 6.07) is 12.1. The molecule has 7 aliphatic carbocycles. The van der Waals surface area contributed by atoms with Crippen LogP contribution in [0.4, 0.5) is 25.0 Å². The first-order chi connectivity index (χ1) is 39.3. The number of anilines is 2. The van der Waals surface area contributed by atoms with Crippen LogP contribution in [0.1, 0.15) is 96.1 Å². The van der Waals surface area contributed by atoms with Crippen molar-refractivity contribution in [1.82, 2.24) is 16.0 Å². The molecule has 2 saturated heterocycles. The lowest BCUT2D eigenvalue weighted by Gasteiger charge is -2.70. The Morgan fingerprint density at radius 1 is 0.928 bits per heavy atom. The molecule has 3 amide bonds. The second-order valence-corrected chi connectivity index (χ2v) is 25.4. The van der Waals surface area contributed by atoms with Crippen LogP contribution in [0.15, 0.2) is 66.3 Å². The van der Waals surface area contributed by atoms with Crippen LogP contribution in [0.25, 0.3) is 0 Å². The Morgan fingerprint density at radius 2 is 1.65 bits per heavy atom. The van der Waals surface area contributed by atoms with Gasteiger partial charge >= 0.3 is 12.1 Å². The molecule has 12 N–H and O–H groups in total. The zero-order valence-corrected chi connectivity index (χ0v) is 47.0. The van der Waals surface area contributed by atoms with Crippen LogP contribution in [0.2, 0.25) is 0 Å². The Hall–Kier alpha value is -6.08. The third-order valence-electron chi connectivity index (χ3n) is 20.3. The lowest BCUT2D eigenvalue weighted by Crippen LogP contribution is -2.75. The molecule has 2 aromatic carbocycles. The predicted octanol–water partition coefficient (Wildman–Crippen LogP) is 2.81. The number of alkyl halides is 2. The minimum Gasteiger partial charge on any atom is -0.479 e. The number of aliphatic carboxylic acids is 1. The van der Waals surface area contributed by atoms with Gasteiger partial charge in [-0.3, -0.25) is 19.2 Å². The summed E-state index contributed by atoms with van der Waals surface area (Å²) in [7, 11) is 0. The minimum atomic E-state index is -2.27. The standard InChI is InChI=1S/C60H78F2N6O15/c1-32(70)66-42(7-4-5-16-63)51(77)65-18-6-17-64-43-19-34(10-13-44(43)82-53-49(76)47(74)48(75)50(83-53)52(78)79)27-81-54(80)67-58-28-57(29-58,30-58)23-33-8-11-36(12-9-33)68-25-35-20-38-39-22-41(61)40-21-37(71)14-15-55(40,2)60(39,62)45(72)24-56(38,3)59(35,31-68)46(73)26-69/h8-15,19,21,35,38-39,41-42,45,47-50,53,64,69,72,74-76H,4-7,16-18,20,22-31,63H2,1-3H3,(H,65,77)(H,66,70)(H,67,80)(H,78,79)/t35-,38-,39-,41-,42-,45-,47-,48-,49+,50-,53+,55-,56-,57?,58?,59+,60-/m0/s1. The molecule has 0 spiro atoms. The number of carboxylic acids is 1. The largest absolute Gasteiger partial charge is 0.479 e. The average Bonchev–Trinajstić information content (AvgIpc) is 2.43. The number of nitrogens with zero attached hydrogens (tertiary/aromatic N) is 1. The number of hydrogen-bond donors (Lipinski definition) is 11. The van der Waals surface area contributed by atoms with Crippen molar-refractivity contribution in [2.24, 2.45) is 45.1 Å². The van der Waals surface area contributed by atoms with Gasteiger partial charge in [0.1, 0.15) is 49.5 Å². The molecule has 0 unspecified atom stereocenters. The highest BCUT2D eigenvalue weighted by molar-refractivity contribution is 6.01. The number of carbonyl (C=O) groups excluding carboxylic acids is 5. The van der Waals surface area contributed by atoms with Crippen LogP contribution in [0.5, 0.6) is 5.75 Å². The van der Waals surface area contributed by atoms with E-state index in [-0.39, 0.29) is 79.3 Å². The van der Waals surface area contributed by atoms with Crippen LogP contribution in [0, 0.1) is 39.4 Å². The van der Waals surface area contributed by atoms with E-state index in [0.717, 1.165) is 36.9 Å². The number of rotatable bonds is 22. The molecule has 23 heteroatoms. The molecule has 9 aliphatic rings. The SMILES string of the molecule is CC(=O)N[C@@H](CCCCN)C(=O)NCCCNc1cc(COC(=O)NC23CC(Cc4ccc(N5C[C@@H]6C[C@H]7[C@@H]8C[C@H](F)C9=CC(=O)C=C[C@]9(C)[C@@]8(F)[C@@H](O)C[C@]7(C)[C@]6(C(=O)CO)C5)cc4)(C2)C3)ccc1O[C@@H]1O[C@H](C(=O)O)[C@@H](O)[C@H](O)[C@H]1O. The Balaban J connectivity index is 0.734. The number of aliphatic hydroxyl groups is 5. The maximum atomic E-state index is 17.9. The third kappa shape index (κ3) is 10.5. The fraction of sp³-hybridized carbons (Fsp3) is 0.633. The van der Waals surface area contributed by atoms with E-state index in [0.29, 0.717) is 56.4 Å². The summed E-state index contributed by atoms with van der Waals surface area (Å²) in [5.41, 5.74) is 2.12. The zero-order valence-electron chi connectivity index (χ0n) is 47.0. The van der Waals surface area contributed by atoms with Crippen molar-refractivity contribution in [2.45, 2.75) is 158 Å². The van der Waals surface area contributed by atoms with Crippen LogP contribution >= 0.6 is 0 Å². The van der Waals surface area contributed by atoms with Gasteiger partial charge in [-0.1, -0.05) is 31.2 Å².